The minimum Gasteiger partial charge on any atom is -0.462 e. The van der Waals surface area contributed by atoms with Crippen molar-refractivity contribution in [3.05, 3.63) is 69.8 Å². The number of carbonyl (C=O) groups is 2. The van der Waals surface area contributed by atoms with Gasteiger partial charge in [0.25, 0.3) is 5.91 Å². The third-order valence-electron chi connectivity index (χ3n) is 3.34. The molecule has 0 fully saturated rings. The standard InChI is InChI=1S/C19H15Cl2N3O3/c1-2-27-19(26)14-5-3-4-6-16(14)23-11-12(10-22)18(25)24-17-9-13(20)7-8-15(17)21/h3-9,11,23H,2H2,1H3,(H,24,25)/b12-11-. The van der Waals surface area contributed by atoms with Gasteiger partial charge in [-0.05, 0) is 37.3 Å². The Labute approximate surface area is 166 Å². The molecule has 0 radical (unpaired) electrons. The molecule has 2 aromatic rings. The van der Waals surface area contributed by atoms with E-state index in [9.17, 15) is 14.9 Å². The Morgan fingerprint density at radius 1 is 1.19 bits per heavy atom. The molecule has 6 nitrogen and oxygen atoms in total. The molecule has 2 rings (SSSR count). The van der Waals surface area contributed by atoms with Crippen molar-refractivity contribution in [2.45, 2.75) is 6.92 Å². The molecule has 1 amide bonds. The monoisotopic (exact) mass is 403 g/mol. The van der Waals surface area contributed by atoms with E-state index in [1.165, 1.54) is 18.3 Å². The van der Waals surface area contributed by atoms with Gasteiger partial charge in [0, 0.05) is 11.2 Å². The highest BCUT2D eigenvalue weighted by Crippen LogP contribution is 2.26. The number of anilines is 2. The number of nitrogens with one attached hydrogen (secondary N) is 2. The number of carbonyl (C=O) groups excluding carboxylic acids is 2. The molecule has 0 spiro atoms. The molecule has 0 unspecified atom stereocenters. The summed E-state index contributed by atoms with van der Waals surface area (Å²) in [5, 5.41) is 15.2. The van der Waals surface area contributed by atoms with E-state index in [0.29, 0.717) is 10.7 Å². The SMILES string of the molecule is CCOC(=O)c1ccccc1N/C=C(/C#N)C(=O)Nc1cc(Cl)ccc1Cl. The molecule has 0 saturated carbocycles. The zero-order valence-electron chi connectivity index (χ0n) is 14.3. The van der Waals surface area contributed by atoms with Crippen LogP contribution in [0.2, 0.25) is 10.0 Å². The molecule has 0 atom stereocenters. The molecule has 0 heterocycles. The fourth-order valence-electron chi connectivity index (χ4n) is 2.08. The lowest BCUT2D eigenvalue weighted by Crippen LogP contribution is -2.15. The summed E-state index contributed by atoms with van der Waals surface area (Å²) in [4.78, 5) is 24.3. The smallest absolute Gasteiger partial charge is 0.340 e. The van der Waals surface area contributed by atoms with Gasteiger partial charge in [-0.25, -0.2) is 4.79 Å². The highest BCUT2D eigenvalue weighted by Gasteiger charge is 2.14. The summed E-state index contributed by atoms with van der Waals surface area (Å²) in [6.45, 7) is 1.93. The third-order valence-corrected chi connectivity index (χ3v) is 3.90. The van der Waals surface area contributed by atoms with Crippen molar-refractivity contribution in [2.24, 2.45) is 0 Å². The summed E-state index contributed by atoms with van der Waals surface area (Å²) in [5.74, 6) is -1.19. The first kappa shape index (κ1) is 20.3. The van der Waals surface area contributed by atoms with Crippen molar-refractivity contribution in [3.63, 3.8) is 0 Å². The lowest BCUT2D eigenvalue weighted by molar-refractivity contribution is -0.112. The molecule has 2 aromatic carbocycles. The maximum Gasteiger partial charge on any atom is 0.340 e. The predicted molar refractivity (Wildman–Crippen MR) is 105 cm³/mol. The van der Waals surface area contributed by atoms with Gasteiger partial charge in [-0.2, -0.15) is 5.26 Å². The fourth-order valence-corrected chi connectivity index (χ4v) is 2.41. The first-order valence-corrected chi connectivity index (χ1v) is 8.61. The Balaban J connectivity index is 2.20. The Kier molecular flexibility index (Phi) is 7.24. The van der Waals surface area contributed by atoms with Crippen LogP contribution in [-0.2, 0) is 9.53 Å². The van der Waals surface area contributed by atoms with Gasteiger partial charge < -0.3 is 15.4 Å². The van der Waals surface area contributed by atoms with Gasteiger partial charge >= 0.3 is 5.97 Å². The Hall–Kier alpha value is -3.01. The van der Waals surface area contributed by atoms with E-state index in [0.717, 1.165) is 0 Å². The van der Waals surface area contributed by atoms with Crippen LogP contribution in [0.15, 0.2) is 54.2 Å². The number of hydrogen-bond donors (Lipinski definition) is 2. The number of nitriles is 1. The maximum atomic E-state index is 12.3. The molecular formula is C19H15Cl2N3O3. The van der Waals surface area contributed by atoms with Crippen LogP contribution in [0, 0.1) is 11.3 Å². The number of hydrogen-bond acceptors (Lipinski definition) is 5. The Bertz CT molecular complexity index is 936. The zero-order chi connectivity index (χ0) is 19.8. The van der Waals surface area contributed by atoms with Crippen molar-refractivity contribution in [3.8, 4) is 6.07 Å². The molecule has 8 heteroatoms. The molecule has 0 aliphatic rings. The van der Waals surface area contributed by atoms with Crippen molar-refractivity contribution < 1.29 is 14.3 Å². The maximum absolute atomic E-state index is 12.3. The Morgan fingerprint density at radius 2 is 1.93 bits per heavy atom. The van der Waals surface area contributed by atoms with Crippen LogP contribution in [0.1, 0.15) is 17.3 Å². The molecule has 0 aromatic heterocycles. The number of rotatable bonds is 6. The quantitative estimate of drug-likeness (QED) is 0.416. The summed E-state index contributed by atoms with van der Waals surface area (Å²) in [6.07, 6.45) is 1.20. The van der Waals surface area contributed by atoms with Crippen molar-refractivity contribution in [1.29, 1.82) is 5.26 Å². The van der Waals surface area contributed by atoms with E-state index in [2.05, 4.69) is 10.6 Å². The van der Waals surface area contributed by atoms with E-state index >= 15 is 0 Å². The molecule has 27 heavy (non-hydrogen) atoms. The molecule has 2 N–H and O–H groups in total. The van der Waals surface area contributed by atoms with Gasteiger partial charge in [0.15, 0.2) is 0 Å². The summed E-state index contributed by atoms with van der Waals surface area (Å²) in [7, 11) is 0. The largest absolute Gasteiger partial charge is 0.462 e. The minimum absolute atomic E-state index is 0.218. The fraction of sp³-hybridized carbons (Fsp3) is 0.105. The molecule has 0 aliphatic carbocycles. The van der Waals surface area contributed by atoms with E-state index in [1.54, 1.807) is 43.3 Å². The van der Waals surface area contributed by atoms with Crippen LogP contribution >= 0.6 is 23.2 Å². The number of amides is 1. The molecule has 138 valence electrons. The number of benzene rings is 2. The van der Waals surface area contributed by atoms with Crippen LogP contribution in [0.25, 0.3) is 0 Å². The van der Waals surface area contributed by atoms with E-state index < -0.39 is 11.9 Å². The van der Waals surface area contributed by atoms with Gasteiger partial charge in [-0.3, -0.25) is 4.79 Å². The second-order valence-corrected chi connectivity index (χ2v) is 6.00. The van der Waals surface area contributed by atoms with Crippen LogP contribution in [-0.4, -0.2) is 18.5 Å². The number of para-hydroxylation sites is 1. The van der Waals surface area contributed by atoms with Crippen LogP contribution in [0.4, 0.5) is 11.4 Å². The molecular weight excluding hydrogens is 389 g/mol. The van der Waals surface area contributed by atoms with E-state index in [-0.39, 0.29) is 28.5 Å². The summed E-state index contributed by atoms with van der Waals surface area (Å²) >= 11 is 11.9. The van der Waals surface area contributed by atoms with Gasteiger partial charge in [0.1, 0.15) is 11.6 Å². The van der Waals surface area contributed by atoms with Crippen molar-refractivity contribution in [1.82, 2.24) is 0 Å². The van der Waals surface area contributed by atoms with E-state index in [1.807, 2.05) is 0 Å². The van der Waals surface area contributed by atoms with Crippen LogP contribution in [0.3, 0.4) is 0 Å². The molecule has 0 saturated heterocycles. The van der Waals surface area contributed by atoms with E-state index in [4.69, 9.17) is 27.9 Å². The molecule has 0 aliphatic heterocycles. The number of nitrogens with zero attached hydrogens (tertiary/aromatic N) is 1. The topological polar surface area (TPSA) is 91.2 Å². The second kappa shape index (κ2) is 9.62. The Morgan fingerprint density at radius 3 is 2.63 bits per heavy atom. The first-order chi connectivity index (χ1) is 13.0. The summed E-state index contributed by atoms with van der Waals surface area (Å²) < 4.78 is 4.98. The average molecular weight is 404 g/mol. The van der Waals surface area contributed by atoms with Gasteiger partial charge in [-0.1, -0.05) is 35.3 Å². The number of halogens is 2. The van der Waals surface area contributed by atoms with Gasteiger partial charge in [-0.15, -0.1) is 0 Å². The van der Waals surface area contributed by atoms with Gasteiger partial charge in [0.2, 0.25) is 0 Å². The highest BCUT2D eigenvalue weighted by atomic mass is 35.5. The lowest BCUT2D eigenvalue weighted by atomic mass is 10.1. The highest BCUT2D eigenvalue weighted by molar-refractivity contribution is 6.36. The van der Waals surface area contributed by atoms with Crippen LogP contribution in [0.5, 0.6) is 0 Å². The average Bonchev–Trinajstić information content (AvgIpc) is 2.65. The predicted octanol–water partition coefficient (Wildman–Crippen LogP) is 4.63. The molecule has 0 bridgehead atoms. The summed E-state index contributed by atoms with van der Waals surface area (Å²) in [6, 6.07) is 13.0. The normalized spacial score (nSPS) is 10.7. The summed E-state index contributed by atoms with van der Waals surface area (Å²) in [5.41, 5.74) is 0.746. The third kappa shape index (κ3) is 5.48. The number of ether oxygens (including phenoxy) is 1. The minimum atomic E-state index is -0.678. The van der Waals surface area contributed by atoms with Gasteiger partial charge in [0.05, 0.1) is 28.6 Å². The van der Waals surface area contributed by atoms with Crippen LogP contribution < -0.4 is 10.6 Å². The van der Waals surface area contributed by atoms with Crippen molar-refractivity contribution in [2.75, 3.05) is 17.2 Å². The van der Waals surface area contributed by atoms with Crippen molar-refractivity contribution >= 4 is 46.5 Å². The lowest BCUT2D eigenvalue weighted by Gasteiger charge is -2.10. The number of esters is 1. The first-order valence-electron chi connectivity index (χ1n) is 7.85. The second-order valence-electron chi connectivity index (χ2n) is 5.16. The zero-order valence-corrected chi connectivity index (χ0v) is 15.8.